The maximum Gasteiger partial charge on any atom is 0.303 e. The normalized spacial score (nSPS) is 10.2. The third-order valence-electron chi connectivity index (χ3n) is 2.33. The molecule has 88 valence electrons. The summed E-state index contributed by atoms with van der Waals surface area (Å²) < 4.78 is 5.03. The van der Waals surface area contributed by atoms with Gasteiger partial charge in [0.25, 0.3) is 0 Å². The van der Waals surface area contributed by atoms with E-state index in [0.29, 0.717) is 21.9 Å². The Morgan fingerprint density at radius 2 is 2.19 bits per heavy atom. The SMILES string of the molecule is COc1c(Cl)cc(CCC(=O)O)c(O)c1C. The lowest BCUT2D eigenvalue weighted by Crippen LogP contribution is -1.99. The van der Waals surface area contributed by atoms with Crippen molar-refractivity contribution in [1.82, 2.24) is 0 Å². The molecule has 0 heterocycles. The molecule has 0 atom stereocenters. The first-order chi connectivity index (χ1) is 7.47. The van der Waals surface area contributed by atoms with Crippen LogP contribution in [0.5, 0.6) is 11.5 Å². The van der Waals surface area contributed by atoms with E-state index < -0.39 is 5.97 Å². The fourth-order valence-corrected chi connectivity index (χ4v) is 1.85. The van der Waals surface area contributed by atoms with Crippen molar-refractivity contribution in [3.05, 3.63) is 22.2 Å². The van der Waals surface area contributed by atoms with Crippen LogP contribution in [-0.2, 0) is 11.2 Å². The molecule has 0 bridgehead atoms. The third kappa shape index (κ3) is 2.58. The number of rotatable bonds is 4. The lowest BCUT2D eigenvalue weighted by molar-refractivity contribution is -0.136. The maximum absolute atomic E-state index is 10.4. The van der Waals surface area contributed by atoms with Crippen molar-refractivity contribution in [2.24, 2.45) is 0 Å². The monoisotopic (exact) mass is 244 g/mol. The molecule has 1 rings (SSSR count). The molecule has 0 saturated heterocycles. The fraction of sp³-hybridized carbons (Fsp3) is 0.364. The van der Waals surface area contributed by atoms with Gasteiger partial charge in [-0.3, -0.25) is 4.79 Å². The Balaban J connectivity index is 3.08. The lowest BCUT2D eigenvalue weighted by Gasteiger charge is -2.12. The van der Waals surface area contributed by atoms with Crippen LogP contribution in [0.1, 0.15) is 17.5 Å². The fourth-order valence-electron chi connectivity index (χ4n) is 1.50. The summed E-state index contributed by atoms with van der Waals surface area (Å²) in [5.41, 5.74) is 1.04. The van der Waals surface area contributed by atoms with Crippen LogP contribution in [0.25, 0.3) is 0 Å². The van der Waals surface area contributed by atoms with E-state index >= 15 is 0 Å². The molecule has 0 aliphatic heterocycles. The molecular weight excluding hydrogens is 232 g/mol. The maximum atomic E-state index is 10.4. The van der Waals surface area contributed by atoms with Crippen LogP contribution in [0.4, 0.5) is 0 Å². The average Bonchev–Trinajstić information content (AvgIpc) is 2.22. The number of carbonyl (C=O) groups is 1. The summed E-state index contributed by atoms with van der Waals surface area (Å²) in [5, 5.41) is 18.8. The number of benzene rings is 1. The molecule has 16 heavy (non-hydrogen) atoms. The Bertz CT molecular complexity index is 415. The number of phenolic OH excluding ortho intramolecular Hbond substituents is 1. The zero-order chi connectivity index (χ0) is 12.3. The number of hydrogen-bond donors (Lipinski definition) is 2. The molecule has 0 unspecified atom stereocenters. The van der Waals surface area contributed by atoms with Crippen molar-refractivity contribution in [1.29, 1.82) is 0 Å². The molecule has 2 N–H and O–H groups in total. The first kappa shape index (κ1) is 12.6. The summed E-state index contributed by atoms with van der Waals surface area (Å²) in [7, 11) is 1.46. The number of hydrogen-bond acceptors (Lipinski definition) is 3. The average molecular weight is 245 g/mol. The van der Waals surface area contributed by atoms with Crippen molar-refractivity contribution in [2.75, 3.05) is 7.11 Å². The number of carboxylic acids is 1. The van der Waals surface area contributed by atoms with Gasteiger partial charge in [0.05, 0.1) is 12.1 Å². The minimum Gasteiger partial charge on any atom is -0.507 e. The zero-order valence-electron chi connectivity index (χ0n) is 9.08. The second-order valence-electron chi connectivity index (χ2n) is 3.42. The van der Waals surface area contributed by atoms with Gasteiger partial charge in [0.1, 0.15) is 11.5 Å². The molecule has 0 aliphatic rings. The van der Waals surface area contributed by atoms with E-state index in [0.717, 1.165) is 0 Å². The van der Waals surface area contributed by atoms with Crippen LogP contribution >= 0.6 is 11.6 Å². The molecular formula is C11H13ClO4. The number of aliphatic carboxylic acids is 1. The van der Waals surface area contributed by atoms with Gasteiger partial charge in [-0.2, -0.15) is 0 Å². The Morgan fingerprint density at radius 3 is 2.69 bits per heavy atom. The largest absolute Gasteiger partial charge is 0.507 e. The molecule has 0 aromatic heterocycles. The minimum atomic E-state index is -0.913. The van der Waals surface area contributed by atoms with Crippen LogP contribution < -0.4 is 4.74 Å². The number of phenols is 1. The van der Waals surface area contributed by atoms with E-state index in [4.69, 9.17) is 21.4 Å². The van der Waals surface area contributed by atoms with E-state index in [1.165, 1.54) is 13.2 Å². The Labute approximate surface area is 98.4 Å². The quantitative estimate of drug-likeness (QED) is 0.853. The van der Waals surface area contributed by atoms with E-state index in [1.54, 1.807) is 6.92 Å². The van der Waals surface area contributed by atoms with Gasteiger partial charge in [-0.1, -0.05) is 11.6 Å². The summed E-state index contributed by atoms with van der Waals surface area (Å²) in [5.74, 6) is -0.454. The van der Waals surface area contributed by atoms with Crippen molar-refractivity contribution in [2.45, 2.75) is 19.8 Å². The molecule has 4 nitrogen and oxygen atoms in total. The van der Waals surface area contributed by atoms with E-state index in [2.05, 4.69) is 0 Å². The van der Waals surface area contributed by atoms with Gasteiger partial charge < -0.3 is 14.9 Å². The highest BCUT2D eigenvalue weighted by Crippen LogP contribution is 2.37. The molecule has 5 heteroatoms. The molecule has 0 saturated carbocycles. The number of carboxylic acid groups (broad SMARTS) is 1. The number of aryl methyl sites for hydroxylation is 1. The smallest absolute Gasteiger partial charge is 0.303 e. The van der Waals surface area contributed by atoms with Gasteiger partial charge in [-0.25, -0.2) is 0 Å². The van der Waals surface area contributed by atoms with Crippen molar-refractivity contribution < 1.29 is 19.7 Å². The van der Waals surface area contributed by atoms with Crippen molar-refractivity contribution in [3.63, 3.8) is 0 Å². The second kappa shape index (κ2) is 5.07. The lowest BCUT2D eigenvalue weighted by atomic mass is 10.0. The van der Waals surface area contributed by atoms with E-state index in [9.17, 15) is 9.90 Å². The van der Waals surface area contributed by atoms with Crippen LogP contribution in [0.2, 0.25) is 5.02 Å². The molecule has 0 fully saturated rings. The molecule has 1 aromatic carbocycles. The standard InChI is InChI=1S/C11H13ClO4/c1-6-10(15)7(3-4-9(13)14)5-8(12)11(6)16-2/h5,15H,3-4H2,1-2H3,(H,13,14). The van der Waals surface area contributed by atoms with Gasteiger partial charge in [0.2, 0.25) is 0 Å². The topological polar surface area (TPSA) is 66.8 Å². The second-order valence-corrected chi connectivity index (χ2v) is 3.83. The number of halogens is 1. The summed E-state index contributed by atoms with van der Waals surface area (Å²) in [6.07, 6.45) is 0.196. The number of methoxy groups -OCH3 is 1. The molecule has 0 aliphatic carbocycles. The van der Waals surface area contributed by atoms with Gasteiger partial charge in [0.15, 0.2) is 0 Å². The Hall–Kier alpha value is -1.42. The first-order valence-electron chi connectivity index (χ1n) is 4.74. The highest BCUT2D eigenvalue weighted by Gasteiger charge is 2.14. The number of aromatic hydroxyl groups is 1. The summed E-state index contributed by atoms with van der Waals surface area (Å²) in [4.78, 5) is 10.4. The highest BCUT2D eigenvalue weighted by molar-refractivity contribution is 6.32. The predicted molar refractivity (Wildman–Crippen MR) is 60.4 cm³/mol. The van der Waals surface area contributed by atoms with Crippen molar-refractivity contribution >= 4 is 17.6 Å². The van der Waals surface area contributed by atoms with Crippen LogP contribution in [0.3, 0.4) is 0 Å². The van der Waals surface area contributed by atoms with Gasteiger partial charge >= 0.3 is 5.97 Å². The molecule has 0 amide bonds. The molecule has 0 spiro atoms. The third-order valence-corrected chi connectivity index (χ3v) is 2.61. The zero-order valence-corrected chi connectivity index (χ0v) is 9.84. The first-order valence-corrected chi connectivity index (χ1v) is 5.12. The number of ether oxygens (including phenoxy) is 1. The van der Waals surface area contributed by atoms with Gasteiger partial charge in [0, 0.05) is 12.0 Å². The van der Waals surface area contributed by atoms with Crippen LogP contribution in [-0.4, -0.2) is 23.3 Å². The van der Waals surface area contributed by atoms with E-state index in [-0.39, 0.29) is 18.6 Å². The summed E-state index contributed by atoms with van der Waals surface area (Å²) in [6.45, 7) is 1.67. The van der Waals surface area contributed by atoms with Gasteiger partial charge in [-0.15, -0.1) is 0 Å². The predicted octanol–water partition coefficient (Wildman–Crippen LogP) is 2.38. The minimum absolute atomic E-state index is 0.0440. The molecule has 1 aromatic rings. The Morgan fingerprint density at radius 1 is 1.56 bits per heavy atom. The highest BCUT2D eigenvalue weighted by atomic mass is 35.5. The van der Waals surface area contributed by atoms with Crippen LogP contribution in [0.15, 0.2) is 6.07 Å². The van der Waals surface area contributed by atoms with Crippen molar-refractivity contribution in [3.8, 4) is 11.5 Å². The van der Waals surface area contributed by atoms with Crippen LogP contribution in [0, 0.1) is 6.92 Å². The van der Waals surface area contributed by atoms with Gasteiger partial charge in [-0.05, 0) is 25.0 Å². The summed E-state index contributed by atoms with van der Waals surface area (Å²) in [6, 6.07) is 1.53. The summed E-state index contributed by atoms with van der Waals surface area (Å²) >= 11 is 5.94. The van der Waals surface area contributed by atoms with E-state index in [1.807, 2.05) is 0 Å². The molecule has 0 radical (unpaired) electrons. The Kier molecular flexibility index (Phi) is 4.01.